The van der Waals surface area contributed by atoms with Gasteiger partial charge in [0.1, 0.15) is 11.3 Å². The molecule has 0 N–H and O–H groups in total. The van der Waals surface area contributed by atoms with Crippen LogP contribution in [-0.4, -0.2) is 33.4 Å². The van der Waals surface area contributed by atoms with Crippen molar-refractivity contribution in [3.63, 3.8) is 0 Å². The van der Waals surface area contributed by atoms with Crippen molar-refractivity contribution in [3.05, 3.63) is 48.2 Å². The molecule has 1 aromatic carbocycles. The third-order valence-electron chi connectivity index (χ3n) is 4.88. The van der Waals surface area contributed by atoms with E-state index in [1.54, 1.807) is 24.3 Å². The number of alkyl halides is 3. The highest BCUT2D eigenvalue weighted by molar-refractivity contribution is 5.26. The summed E-state index contributed by atoms with van der Waals surface area (Å²) in [5.41, 5.74) is -1.13. The van der Waals surface area contributed by atoms with Crippen LogP contribution in [0.2, 0.25) is 0 Å². The molecule has 3 aliphatic rings. The molecule has 24 heavy (non-hydrogen) atoms. The lowest BCUT2D eigenvalue weighted by Gasteiger charge is -2.43. The topological polar surface area (TPSA) is 38.2 Å². The lowest BCUT2D eigenvalue weighted by molar-refractivity contribution is -0.238. The van der Waals surface area contributed by atoms with E-state index >= 15 is 0 Å². The fraction of sp³-hybridized carbons (Fsp3) is 0.412. The largest absolute Gasteiger partial charge is 0.438 e. The number of hydrogen-bond acceptors (Lipinski definition) is 4. The molecule has 126 valence electrons. The number of ether oxygens (including phenoxy) is 1. The summed E-state index contributed by atoms with van der Waals surface area (Å²) in [6, 6.07) is 12.4. The van der Waals surface area contributed by atoms with Gasteiger partial charge in [-0.2, -0.15) is 18.3 Å². The summed E-state index contributed by atoms with van der Waals surface area (Å²) in [5, 5.41) is 7.98. The summed E-state index contributed by atoms with van der Waals surface area (Å²) in [7, 11) is 0. The highest BCUT2D eigenvalue weighted by atomic mass is 19.4. The van der Waals surface area contributed by atoms with Gasteiger partial charge in [0.05, 0.1) is 5.69 Å². The van der Waals surface area contributed by atoms with E-state index in [0.717, 1.165) is 0 Å². The molecular weight excluding hydrogens is 319 g/mol. The van der Waals surface area contributed by atoms with E-state index in [2.05, 4.69) is 10.2 Å². The number of aromatic nitrogens is 2. The van der Waals surface area contributed by atoms with Crippen LogP contribution < -0.4 is 4.74 Å². The maximum absolute atomic E-state index is 13.3. The summed E-state index contributed by atoms with van der Waals surface area (Å²) in [5.74, 6) is 1.11. The summed E-state index contributed by atoms with van der Waals surface area (Å²) in [6.07, 6.45) is -3.78. The summed E-state index contributed by atoms with van der Waals surface area (Å²) >= 11 is 0. The first-order valence-corrected chi connectivity index (χ1v) is 7.84. The van der Waals surface area contributed by atoms with Crippen LogP contribution in [0.1, 0.15) is 18.5 Å². The number of benzene rings is 1. The Balaban J connectivity index is 1.45. The Morgan fingerprint density at radius 3 is 2.46 bits per heavy atom. The zero-order valence-corrected chi connectivity index (χ0v) is 12.8. The number of rotatable bonds is 4. The number of para-hydroxylation sites is 1. The minimum Gasteiger partial charge on any atom is -0.438 e. The zero-order chi connectivity index (χ0) is 16.8. The third-order valence-corrected chi connectivity index (χ3v) is 4.88. The van der Waals surface area contributed by atoms with E-state index in [0.29, 0.717) is 23.9 Å². The van der Waals surface area contributed by atoms with Crippen molar-refractivity contribution in [1.29, 1.82) is 0 Å². The molecule has 2 aromatic rings. The molecule has 3 fully saturated rings. The SMILES string of the molecule is FC(F)(F)C12CC(CN1Cc1ccc(Oc3ccccc3)nn1)C2. The van der Waals surface area contributed by atoms with Crippen LogP contribution in [-0.2, 0) is 6.54 Å². The van der Waals surface area contributed by atoms with Gasteiger partial charge in [-0.25, -0.2) is 0 Å². The Hall–Kier alpha value is -2.15. The molecule has 0 unspecified atom stereocenters. The smallest absolute Gasteiger partial charge is 0.406 e. The molecule has 0 spiro atoms. The van der Waals surface area contributed by atoms with E-state index in [1.807, 2.05) is 18.2 Å². The van der Waals surface area contributed by atoms with Gasteiger partial charge < -0.3 is 4.74 Å². The van der Waals surface area contributed by atoms with Crippen molar-refractivity contribution in [2.24, 2.45) is 5.92 Å². The van der Waals surface area contributed by atoms with Crippen LogP contribution in [0.3, 0.4) is 0 Å². The number of fused-ring (bicyclic) bond motifs is 1. The molecule has 1 aromatic heterocycles. The second-order valence-corrected chi connectivity index (χ2v) is 6.46. The number of nitrogens with zero attached hydrogens (tertiary/aromatic N) is 3. The van der Waals surface area contributed by atoms with Crippen LogP contribution >= 0.6 is 0 Å². The second-order valence-electron chi connectivity index (χ2n) is 6.46. The van der Waals surface area contributed by atoms with Gasteiger partial charge in [0.25, 0.3) is 0 Å². The average molecular weight is 335 g/mol. The molecule has 5 rings (SSSR count). The molecule has 1 aliphatic carbocycles. The van der Waals surface area contributed by atoms with Gasteiger partial charge in [0.2, 0.25) is 5.88 Å². The molecule has 2 bridgehead atoms. The highest BCUT2D eigenvalue weighted by Gasteiger charge is 2.69. The molecule has 0 radical (unpaired) electrons. The molecule has 7 heteroatoms. The first-order chi connectivity index (χ1) is 11.5. The van der Waals surface area contributed by atoms with Crippen molar-refractivity contribution in [2.45, 2.75) is 31.1 Å². The minimum atomic E-state index is -4.19. The first kappa shape index (κ1) is 15.4. The molecule has 0 amide bonds. The Kier molecular flexibility index (Phi) is 3.49. The molecule has 4 nitrogen and oxygen atoms in total. The number of hydrogen-bond donors (Lipinski definition) is 0. The fourth-order valence-electron chi connectivity index (χ4n) is 3.69. The molecule has 0 atom stereocenters. The lowest BCUT2D eigenvalue weighted by Crippen LogP contribution is -2.57. The van der Waals surface area contributed by atoms with E-state index in [-0.39, 0.29) is 25.3 Å². The van der Waals surface area contributed by atoms with Gasteiger partial charge in [-0.3, -0.25) is 4.90 Å². The Labute approximate surface area is 137 Å². The van der Waals surface area contributed by atoms with Gasteiger partial charge in [-0.1, -0.05) is 18.2 Å². The van der Waals surface area contributed by atoms with Crippen LogP contribution in [0.25, 0.3) is 0 Å². The van der Waals surface area contributed by atoms with E-state index in [9.17, 15) is 13.2 Å². The molecule has 2 saturated heterocycles. The van der Waals surface area contributed by atoms with Crippen molar-refractivity contribution in [1.82, 2.24) is 15.1 Å². The van der Waals surface area contributed by atoms with Gasteiger partial charge in [0, 0.05) is 19.2 Å². The predicted octanol–water partition coefficient (Wildman–Crippen LogP) is 3.80. The molecule has 3 heterocycles. The summed E-state index contributed by atoms with van der Waals surface area (Å²) in [6.45, 7) is 0.637. The van der Waals surface area contributed by atoms with Crippen molar-refractivity contribution in [3.8, 4) is 11.6 Å². The molecular formula is C17H16F3N3O. The van der Waals surface area contributed by atoms with Crippen LogP contribution in [0, 0.1) is 5.92 Å². The zero-order valence-electron chi connectivity index (χ0n) is 12.8. The fourth-order valence-corrected chi connectivity index (χ4v) is 3.69. The van der Waals surface area contributed by atoms with Gasteiger partial charge >= 0.3 is 6.18 Å². The standard InChI is InChI=1S/C17H16F3N3O/c18-17(19,20)16-8-12(9-16)10-23(16)11-13-6-7-15(22-21-13)24-14-4-2-1-3-5-14/h1-7,12H,8-11H2. The van der Waals surface area contributed by atoms with E-state index in [1.165, 1.54) is 4.90 Å². The van der Waals surface area contributed by atoms with Crippen LogP contribution in [0.5, 0.6) is 11.6 Å². The predicted molar refractivity (Wildman–Crippen MR) is 80.5 cm³/mol. The summed E-state index contributed by atoms with van der Waals surface area (Å²) < 4.78 is 45.6. The maximum atomic E-state index is 13.3. The average Bonchev–Trinajstić information content (AvgIpc) is 3.05. The Bertz CT molecular complexity index is 712. The van der Waals surface area contributed by atoms with E-state index < -0.39 is 11.7 Å². The van der Waals surface area contributed by atoms with Gasteiger partial charge in [0.15, 0.2) is 0 Å². The van der Waals surface area contributed by atoms with Crippen LogP contribution in [0.4, 0.5) is 13.2 Å². The highest BCUT2D eigenvalue weighted by Crippen LogP contribution is 2.58. The van der Waals surface area contributed by atoms with E-state index in [4.69, 9.17) is 4.74 Å². The van der Waals surface area contributed by atoms with Crippen molar-refractivity contribution < 1.29 is 17.9 Å². The Morgan fingerprint density at radius 2 is 1.83 bits per heavy atom. The van der Waals surface area contributed by atoms with Gasteiger partial charge in [-0.05, 0) is 37.0 Å². The summed E-state index contributed by atoms with van der Waals surface area (Å²) in [4.78, 5) is 1.50. The number of halogens is 3. The lowest BCUT2D eigenvalue weighted by atomic mass is 9.72. The van der Waals surface area contributed by atoms with Crippen molar-refractivity contribution >= 4 is 0 Å². The third kappa shape index (κ3) is 2.53. The first-order valence-electron chi connectivity index (χ1n) is 7.84. The van der Waals surface area contributed by atoms with Gasteiger partial charge in [-0.15, -0.1) is 5.10 Å². The Morgan fingerprint density at radius 1 is 1.08 bits per heavy atom. The van der Waals surface area contributed by atoms with Crippen LogP contribution in [0.15, 0.2) is 42.5 Å². The quantitative estimate of drug-likeness (QED) is 0.852. The van der Waals surface area contributed by atoms with Crippen molar-refractivity contribution in [2.75, 3.05) is 6.54 Å². The molecule has 1 saturated carbocycles. The normalized spacial score (nSPS) is 26.2. The monoisotopic (exact) mass is 335 g/mol. The molecule has 2 aliphatic heterocycles. The second kappa shape index (κ2) is 5.44. The minimum absolute atomic E-state index is 0.153. The maximum Gasteiger partial charge on any atom is 0.406 e.